The third-order valence-corrected chi connectivity index (χ3v) is 3.59. The first-order valence-electron chi connectivity index (χ1n) is 7.14. The number of hydroxylamine groups is 1. The van der Waals surface area contributed by atoms with Crippen molar-refractivity contribution in [3.8, 4) is 0 Å². The molecule has 1 aromatic rings. The molecule has 1 aliphatic heterocycles. The smallest absolute Gasteiger partial charge is 0.305 e. The van der Waals surface area contributed by atoms with Gasteiger partial charge < -0.3 is 15.7 Å². The Bertz CT molecular complexity index is 509. The number of pyridine rings is 1. The zero-order valence-corrected chi connectivity index (χ0v) is 12.5. The summed E-state index contributed by atoms with van der Waals surface area (Å²) in [6.07, 6.45) is 1.97. The standard InChI is InChI=1S/C14H22N4O3/c1-3-21-17(2)14-11(15)6-7-12(16-14)18-8-4-5-10(18)9-13(19)20/h6-7,10H,3-5,8-9,15H2,1-2H3,(H,19,20). The molecule has 1 aromatic heterocycles. The Balaban J connectivity index is 2.23. The Morgan fingerprint density at radius 3 is 3.05 bits per heavy atom. The number of nitrogens with zero attached hydrogens (tertiary/aromatic N) is 3. The number of nitrogen functional groups attached to an aromatic ring is 1. The number of carboxylic acids is 1. The lowest BCUT2D eigenvalue weighted by Gasteiger charge is -2.26. The first-order chi connectivity index (χ1) is 10.0. The molecule has 0 saturated carbocycles. The summed E-state index contributed by atoms with van der Waals surface area (Å²) < 4.78 is 0. The SMILES string of the molecule is CCON(C)c1nc(N2CCCC2CC(=O)O)ccc1N. The average Bonchev–Trinajstić information content (AvgIpc) is 2.87. The monoisotopic (exact) mass is 294 g/mol. The van der Waals surface area contributed by atoms with Crippen LogP contribution in [0.15, 0.2) is 12.1 Å². The lowest BCUT2D eigenvalue weighted by atomic mass is 10.1. The normalized spacial score (nSPS) is 18.0. The Morgan fingerprint density at radius 2 is 2.38 bits per heavy atom. The van der Waals surface area contributed by atoms with Crippen LogP contribution >= 0.6 is 0 Å². The van der Waals surface area contributed by atoms with E-state index >= 15 is 0 Å². The summed E-state index contributed by atoms with van der Waals surface area (Å²) >= 11 is 0. The van der Waals surface area contributed by atoms with E-state index in [0.717, 1.165) is 25.2 Å². The van der Waals surface area contributed by atoms with Crippen LogP contribution in [0.2, 0.25) is 0 Å². The van der Waals surface area contributed by atoms with E-state index in [1.165, 1.54) is 0 Å². The van der Waals surface area contributed by atoms with E-state index in [-0.39, 0.29) is 12.5 Å². The number of anilines is 3. The highest BCUT2D eigenvalue weighted by molar-refractivity contribution is 5.69. The molecule has 1 fully saturated rings. The zero-order valence-electron chi connectivity index (χ0n) is 12.5. The van der Waals surface area contributed by atoms with E-state index in [1.807, 2.05) is 17.9 Å². The van der Waals surface area contributed by atoms with Crippen molar-refractivity contribution in [2.75, 3.05) is 35.9 Å². The fourth-order valence-corrected chi connectivity index (χ4v) is 2.67. The molecule has 2 heterocycles. The van der Waals surface area contributed by atoms with Crippen LogP contribution in [-0.4, -0.2) is 42.3 Å². The van der Waals surface area contributed by atoms with Gasteiger partial charge >= 0.3 is 5.97 Å². The highest BCUT2D eigenvalue weighted by Gasteiger charge is 2.28. The van der Waals surface area contributed by atoms with Gasteiger partial charge in [-0.1, -0.05) is 0 Å². The molecule has 0 aromatic carbocycles. The highest BCUT2D eigenvalue weighted by Crippen LogP contribution is 2.30. The number of carbonyl (C=O) groups is 1. The van der Waals surface area contributed by atoms with Crippen LogP contribution in [0.5, 0.6) is 0 Å². The third kappa shape index (κ3) is 3.55. The molecule has 1 unspecified atom stereocenters. The summed E-state index contributed by atoms with van der Waals surface area (Å²) in [4.78, 5) is 22.9. The van der Waals surface area contributed by atoms with Gasteiger partial charge in [0.2, 0.25) is 0 Å². The van der Waals surface area contributed by atoms with Gasteiger partial charge in [-0.2, -0.15) is 0 Å². The second-order valence-electron chi connectivity index (χ2n) is 5.08. The molecule has 3 N–H and O–H groups in total. The third-order valence-electron chi connectivity index (χ3n) is 3.59. The molecule has 0 bridgehead atoms. The van der Waals surface area contributed by atoms with Gasteiger partial charge in [0.15, 0.2) is 5.82 Å². The zero-order chi connectivity index (χ0) is 15.4. The van der Waals surface area contributed by atoms with Crippen LogP contribution in [0, 0.1) is 0 Å². The number of nitrogens with two attached hydrogens (primary N) is 1. The molecule has 2 rings (SSSR count). The highest BCUT2D eigenvalue weighted by atomic mass is 16.7. The van der Waals surface area contributed by atoms with Crippen molar-refractivity contribution < 1.29 is 14.7 Å². The van der Waals surface area contributed by atoms with Gasteiger partial charge in [-0.15, -0.1) is 0 Å². The lowest BCUT2D eigenvalue weighted by molar-refractivity contribution is -0.137. The molecule has 7 heteroatoms. The van der Waals surface area contributed by atoms with Crippen molar-refractivity contribution in [3.05, 3.63) is 12.1 Å². The number of carboxylic acid groups (broad SMARTS) is 1. The first-order valence-corrected chi connectivity index (χ1v) is 7.14. The van der Waals surface area contributed by atoms with Crippen molar-refractivity contribution in [1.82, 2.24) is 4.98 Å². The summed E-state index contributed by atoms with van der Waals surface area (Å²) in [6, 6.07) is 3.60. The van der Waals surface area contributed by atoms with Crippen LogP contribution in [0.25, 0.3) is 0 Å². The molecule has 0 amide bonds. The van der Waals surface area contributed by atoms with Gasteiger partial charge in [0, 0.05) is 19.6 Å². The van der Waals surface area contributed by atoms with Gasteiger partial charge in [-0.3, -0.25) is 9.63 Å². The summed E-state index contributed by atoms with van der Waals surface area (Å²) in [6.45, 7) is 3.22. The first kappa shape index (κ1) is 15.4. The Kier molecular flexibility index (Phi) is 4.85. The molecule has 7 nitrogen and oxygen atoms in total. The topological polar surface area (TPSA) is 91.9 Å². The second-order valence-corrected chi connectivity index (χ2v) is 5.08. The molecule has 0 spiro atoms. The van der Waals surface area contributed by atoms with Crippen LogP contribution in [0.3, 0.4) is 0 Å². The maximum absolute atomic E-state index is 11.0. The minimum atomic E-state index is -0.783. The van der Waals surface area contributed by atoms with Crippen molar-refractivity contribution in [2.45, 2.75) is 32.2 Å². The van der Waals surface area contributed by atoms with Crippen molar-refractivity contribution in [1.29, 1.82) is 0 Å². The van der Waals surface area contributed by atoms with Crippen LogP contribution in [0.1, 0.15) is 26.2 Å². The minimum Gasteiger partial charge on any atom is -0.481 e. The van der Waals surface area contributed by atoms with Crippen LogP contribution in [0.4, 0.5) is 17.3 Å². The largest absolute Gasteiger partial charge is 0.481 e. The summed E-state index contributed by atoms with van der Waals surface area (Å²) in [5.74, 6) is 0.513. The van der Waals surface area contributed by atoms with E-state index < -0.39 is 5.97 Å². The van der Waals surface area contributed by atoms with Gasteiger partial charge in [-0.25, -0.2) is 10.0 Å². The Labute approximate surface area is 124 Å². The number of hydrogen-bond donors (Lipinski definition) is 2. The number of hydrogen-bond acceptors (Lipinski definition) is 6. The Morgan fingerprint density at radius 1 is 1.62 bits per heavy atom. The Hall–Kier alpha value is -2.02. The van der Waals surface area contributed by atoms with E-state index in [2.05, 4.69) is 4.98 Å². The van der Waals surface area contributed by atoms with Crippen LogP contribution in [-0.2, 0) is 9.63 Å². The average molecular weight is 294 g/mol. The van der Waals surface area contributed by atoms with Crippen LogP contribution < -0.4 is 15.7 Å². The van der Waals surface area contributed by atoms with Gasteiger partial charge in [0.05, 0.1) is 18.7 Å². The fraction of sp³-hybridized carbons (Fsp3) is 0.571. The fourth-order valence-electron chi connectivity index (χ4n) is 2.67. The molecular formula is C14H22N4O3. The van der Waals surface area contributed by atoms with E-state index in [9.17, 15) is 4.79 Å². The van der Waals surface area contributed by atoms with Crippen molar-refractivity contribution >= 4 is 23.3 Å². The molecule has 1 saturated heterocycles. The quantitative estimate of drug-likeness (QED) is 0.768. The maximum atomic E-state index is 11.0. The summed E-state index contributed by atoms with van der Waals surface area (Å²) in [7, 11) is 1.75. The van der Waals surface area contributed by atoms with Gasteiger partial charge in [0.25, 0.3) is 0 Å². The molecule has 1 atom stereocenters. The van der Waals surface area contributed by atoms with E-state index in [4.69, 9.17) is 15.7 Å². The number of rotatable bonds is 6. The summed E-state index contributed by atoms with van der Waals surface area (Å²) in [5.41, 5.74) is 6.47. The van der Waals surface area contributed by atoms with Gasteiger partial charge in [0.1, 0.15) is 5.82 Å². The van der Waals surface area contributed by atoms with Crippen molar-refractivity contribution in [2.24, 2.45) is 0 Å². The predicted molar refractivity (Wildman–Crippen MR) is 81.3 cm³/mol. The van der Waals surface area contributed by atoms with E-state index in [0.29, 0.717) is 18.1 Å². The predicted octanol–water partition coefficient (Wildman–Crippen LogP) is 1.49. The number of aliphatic carboxylic acids is 1. The molecule has 21 heavy (non-hydrogen) atoms. The van der Waals surface area contributed by atoms with Gasteiger partial charge in [-0.05, 0) is 31.9 Å². The summed E-state index contributed by atoms with van der Waals surface area (Å²) in [5, 5.41) is 10.5. The second kappa shape index (κ2) is 6.62. The molecule has 0 aliphatic carbocycles. The number of aromatic nitrogens is 1. The molecule has 0 radical (unpaired) electrons. The van der Waals surface area contributed by atoms with Crippen molar-refractivity contribution in [3.63, 3.8) is 0 Å². The molecule has 116 valence electrons. The molecule has 1 aliphatic rings. The maximum Gasteiger partial charge on any atom is 0.305 e. The van der Waals surface area contributed by atoms with E-state index in [1.54, 1.807) is 18.2 Å². The molecular weight excluding hydrogens is 272 g/mol. The lowest BCUT2D eigenvalue weighted by Crippen LogP contribution is -2.32. The minimum absolute atomic E-state index is 0.0103.